The van der Waals surface area contributed by atoms with E-state index in [1.807, 2.05) is 0 Å². The molecule has 0 aliphatic carbocycles. The first-order valence-electron chi connectivity index (χ1n) is 7.14. The number of methoxy groups -OCH3 is 1. The van der Waals surface area contributed by atoms with Crippen LogP contribution in [0.5, 0.6) is 11.5 Å². The van der Waals surface area contributed by atoms with E-state index in [2.05, 4.69) is 10.6 Å². The second kappa shape index (κ2) is 6.00. The highest BCUT2D eigenvalue weighted by molar-refractivity contribution is 6.06. The van der Waals surface area contributed by atoms with E-state index in [-0.39, 0.29) is 11.8 Å². The van der Waals surface area contributed by atoms with Crippen LogP contribution in [0, 0.1) is 0 Å². The summed E-state index contributed by atoms with van der Waals surface area (Å²) < 4.78 is 10.5. The first kappa shape index (κ1) is 14.9. The smallest absolute Gasteiger partial charge is 0.265 e. The second-order valence-corrected chi connectivity index (χ2v) is 5.14. The Morgan fingerprint density at radius 3 is 2.65 bits per heavy atom. The molecular formula is C17H16N2O4. The van der Waals surface area contributed by atoms with Crippen molar-refractivity contribution in [3.8, 4) is 11.5 Å². The number of nitrogens with one attached hydrogen (secondary N) is 2. The minimum atomic E-state index is -0.540. The highest BCUT2D eigenvalue weighted by Gasteiger charge is 2.24. The zero-order chi connectivity index (χ0) is 16.4. The molecular weight excluding hydrogens is 296 g/mol. The van der Waals surface area contributed by atoms with Gasteiger partial charge in [-0.2, -0.15) is 0 Å². The van der Waals surface area contributed by atoms with Crippen molar-refractivity contribution in [2.75, 3.05) is 17.7 Å². The van der Waals surface area contributed by atoms with Gasteiger partial charge in [-0.15, -0.1) is 0 Å². The van der Waals surface area contributed by atoms with Crippen molar-refractivity contribution in [3.63, 3.8) is 0 Å². The maximum absolute atomic E-state index is 12.3. The molecule has 3 rings (SSSR count). The lowest BCUT2D eigenvalue weighted by atomic mass is 10.1. The predicted molar refractivity (Wildman–Crippen MR) is 86.1 cm³/mol. The molecule has 118 valence electrons. The van der Waals surface area contributed by atoms with Gasteiger partial charge in [0.1, 0.15) is 11.5 Å². The summed E-state index contributed by atoms with van der Waals surface area (Å²) in [5, 5.41) is 5.51. The molecule has 23 heavy (non-hydrogen) atoms. The summed E-state index contributed by atoms with van der Waals surface area (Å²) in [7, 11) is 1.58. The van der Waals surface area contributed by atoms with Crippen LogP contribution in [0.25, 0.3) is 0 Å². The number of carbonyl (C=O) groups excluding carboxylic acids is 2. The molecule has 0 saturated heterocycles. The molecule has 2 aromatic carbocycles. The van der Waals surface area contributed by atoms with E-state index in [1.54, 1.807) is 56.5 Å². The first-order valence-corrected chi connectivity index (χ1v) is 7.14. The Labute approximate surface area is 133 Å². The van der Waals surface area contributed by atoms with Crippen molar-refractivity contribution >= 4 is 23.2 Å². The first-order chi connectivity index (χ1) is 11.1. The fourth-order valence-electron chi connectivity index (χ4n) is 2.23. The van der Waals surface area contributed by atoms with Crippen molar-refractivity contribution in [1.82, 2.24) is 0 Å². The number of anilines is 2. The van der Waals surface area contributed by atoms with Crippen LogP contribution in [0.3, 0.4) is 0 Å². The van der Waals surface area contributed by atoms with Gasteiger partial charge in [-0.05, 0) is 49.4 Å². The van der Waals surface area contributed by atoms with Crippen LogP contribution >= 0.6 is 0 Å². The average molecular weight is 312 g/mol. The molecule has 0 saturated carbocycles. The molecule has 2 amide bonds. The molecule has 0 spiro atoms. The molecule has 2 aromatic rings. The fourth-order valence-corrected chi connectivity index (χ4v) is 2.23. The van der Waals surface area contributed by atoms with Crippen LogP contribution in [0.1, 0.15) is 17.3 Å². The molecule has 0 radical (unpaired) electrons. The van der Waals surface area contributed by atoms with Crippen LogP contribution in [-0.2, 0) is 4.79 Å². The third kappa shape index (κ3) is 3.11. The van der Waals surface area contributed by atoms with Gasteiger partial charge in [0.15, 0.2) is 6.10 Å². The molecule has 0 aromatic heterocycles. The van der Waals surface area contributed by atoms with E-state index in [4.69, 9.17) is 9.47 Å². The third-order valence-corrected chi connectivity index (χ3v) is 3.52. The number of hydrogen-bond acceptors (Lipinski definition) is 4. The van der Waals surface area contributed by atoms with Crippen LogP contribution < -0.4 is 20.1 Å². The highest BCUT2D eigenvalue weighted by Crippen LogP contribution is 2.30. The van der Waals surface area contributed by atoms with E-state index in [0.29, 0.717) is 28.4 Å². The summed E-state index contributed by atoms with van der Waals surface area (Å²) in [6.07, 6.45) is -0.540. The SMILES string of the molecule is COc1ccc(NC(=O)c2ccc3c(c2)NC(=O)C(C)O3)cc1. The lowest BCUT2D eigenvalue weighted by Gasteiger charge is -2.23. The number of ether oxygens (including phenoxy) is 2. The van der Waals surface area contributed by atoms with Gasteiger partial charge in [0.05, 0.1) is 12.8 Å². The zero-order valence-electron chi connectivity index (χ0n) is 12.8. The number of benzene rings is 2. The second-order valence-electron chi connectivity index (χ2n) is 5.14. The normalized spacial score (nSPS) is 15.9. The van der Waals surface area contributed by atoms with Gasteiger partial charge in [-0.1, -0.05) is 0 Å². The lowest BCUT2D eigenvalue weighted by molar-refractivity contribution is -0.122. The summed E-state index contributed by atoms with van der Waals surface area (Å²) >= 11 is 0. The Morgan fingerprint density at radius 2 is 1.96 bits per heavy atom. The quantitative estimate of drug-likeness (QED) is 0.913. The van der Waals surface area contributed by atoms with Crippen molar-refractivity contribution in [2.24, 2.45) is 0 Å². The molecule has 2 N–H and O–H groups in total. The summed E-state index contributed by atoms with van der Waals surface area (Å²) in [5.74, 6) is 0.764. The Hall–Kier alpha value is -3.02. The fraction of sp³-hybridized carbons (Fsp3) is 0.176. The standard InChI is InChI=1S/C17H16N2O4/c1-10-16(20)19-14-9-11(3-8-15(14)23-10)17(21)18-12-4-6-13(22-2)7-5-12/h3-10H,1-2H3,(H,18,21)(H,19,20). The third-order valence-electron chi connectivity index (χ3n) is 3.52. The largest absolute Gasteiger partial charge is 0.497 e. The summed E-state index contributed by atoms with van der Waals surface area (Å²) in [5.41, 5.74) is 1.58. The Morgan fingerprint density at radius 1 is 1.22 bits per heavy atom. The molecule has 1 aliphatic heterocycles. The Kier molecular flexibility index (Phi) is 3.89. The van der Waals surface area contributed by atoms with Gasteiger partial charge in [0.25, 0.3) is 11.8 Å². The van der Waals surface area contributed by atoms with Gasteiger partial charge in [-0.3, -0.25) is 9.59 Å². The molecule has 6 heteroatoms. The summed E-state index contributed by atoms with van der Waals surface area (Å²) in [6, 6.07) is 12.0. The molecule has 1 unspecified atom stereocenters. The topological polar surface area (TPSA) is 76.7 Å². The number of fused-ring (bicyclic) bond motifs is 1. The van der Waals surface area contributed by atoms with E-state index < -0.39 is 6.10 Å². The van der Waals surface area contributed by atoms with E-state index in [0.717, 1.165) is 0 Å². The maximum Gasteiger partial charge on any atom is 0.265 e. The molecule has 1 heterocycles. The molecule has 6 nitrogen and oxygen atoms in total. The van der Waals surface area contributed by atoms with Gasteiger partial charge in [0.2, 0.25) is 0 Å². The number of rotatable bonds is 3. The van der Waals surface area contributed by atoms with Crippen molar-refractivity contribution in [2.45, 2.75) is 13.0 Å². The number of carbonyl (C=O) groups is 2. The lowest BCUT2D eigenvalue weighted by Crippen LogP contribution is -2.34. The monoisotopic (exact) mass is 312 g/mol. The van der Waals surface area contributed by atoms with Crippen molar-refractivity contribution < 1.29 is 19.1 Å². The molecule has 1 aliphatic rings. The van der Waals surface area contributed by atoms with Crippen LogP contribution in [-0.4, -0.2) is 25.0 Å². The predicted octanol–water partition coefficient (Wildman–Crippen LogP) is 2.67. The average Bonchev–Trinajstić information content (AvgIpc) is 2.56. The maximum atomic E-state index is 12.3. The van der Waals surface area contributed by atoms with Crippen LogP contribution in [0.4, 0.5) is 11.4 Å². The van der Waals surface area contributed by atoms with Crippen LogP contribution in [0.2, 0.25) is 0 Å². The van der Waals surface area contributed by atoms with Crippen molar-refractivity contribution in [3.05, 3.63) is 48.0 Å². The molecule has 0 bridgehead atoms. The number of hydrogen-bond donors (Lipinski definition) is 2. The zero-order valence-corrected chi connectivity index (χ0v) is 12.8. The van der Waals surface area contributed by atoms with E-state index in [1.165, 1.54) is 0 Å². The van der Waals surface area contributed by atoms with E-state index in [9.17, 15) is 9.59 Å². The Bertz CT molecular complexity index is 756. The number of amides is 2. The highest BCUT2D eigenvalue weighted by atomic mass is 16.5. The van der Waals surface area contributed by atoms with Gasteiger partial charge in [0, 0.05) is 11.3 Å². The minimum absolute atomic E-state index is 0.231. The summed E-state index contributed by atoms with van der Waals surface area (Å²) in [4.78, 5) is 23.9. The van der Waals surface area contributed by atoms with Crippen LogP contribution in [0.15, 0.2) is 42.5 Å². The molecule has 1 atom stereocenters. The minimum Gasteiger partial charge on any atom is -0.497 e. The Balaban J connectivity index is 1.77. The van der Waals surface area contributed by atoms with Gasteiger partial charge >= 0.3 is 0 Å². The van der Waals surface area contributed by atoms with Gasteiger partial charge < -0.3 is 20.1 Å². The van der Waals surface area contributed by atoms with Crippen molar-refractivity contribution in [1.29, 1.82) is 0 Å². The summed E-state index contributed by atoms with van der Waals surface area (Å²) in [6.45, 7) is 1.67. The van der Waals surface area contributed by atoms with Gasteiger partial charge in [-0.25, -0.2) is 0 Å². The van der Waals surface area contributed by atoms with E-state index >= 15 is 0 Å². The molecule has 0 fully saturated rings.